The lowest BCUT2D eigenvalue weighted by molar-refractivity contribution is -0.00923. The van der Waals surface area contributed by atoms with E-state index in [-0.39, 0.29) is 0 Å². The highest BCUT2D eigenvalue weighted by atomic mass is 16.5. The molecule has 1 aromatic rings. The van der Waals surface area contributed by atoms with Crippen LogP contribution in [-0.2, 0) is 17.9 Å². The lowest BCUT2D eigenvalue weighted by Gasteiger charge is -2.25. The average Bonchev–Trinajstić information content (AvgIpc) is 2.64. The van der Waals surface area contributed by atoms with E-state index in [2.05, 4.69) is 12.2 Å². The quantitative estimate of drug-likeness (QED) is 0.722. The van der Waals surface area contributed by atoms with E-state index in [1.807, 2.05) is 6.07 Å². The van der Waals surface area contributed by atoms with Gasteiger partial charge >= 0.3 is 0 Å². The van der Waals surface area contributed by atoms with Crippen LogP contribution in [0, 0.1) is 0 Å². The van der Waals surface area contributed by atoms with Crippen molar-refractivity contribution in [1.82, 2.24) is 5.32 Å². The van der Waals surface area contributed by atoms with Crippen molar-refractivity contribution in [2.24, 2.45) is 0 Å². The Morgan fingerprint density at radius 1 is 1.50 bits per heavy atom. The van der Waals surface area contributed by atoms with E-state index in [0.717, 1.165) is 25.3 Å². The van der Waals surface area contributed by atoms with Gasteiger partial charge in [0.05, 0.1) is 25.5 Å². The fourth-order valence-corrected chi connectivity index (χ4v) is 1.77. The molecule has 0 unspecified atom stereocenters. The van der Waals surface area contributed by atoms with E-state index in [0.29, 0.717) is 12.7 Å². The van der Waals surface area contributed by atoms with Gasteiger partial charge in [0.25, 0.3) is 0 Å². The number of hydrogen-bond acceptors (Lipinski definition) is 3. The van der Waals surface area contributed by atoms with Gasteiger partial charge in [-0.1, -0.05) is 6.92 Å². The zero-order valence-electron chi connectivity index (χ0n) is 10.00. The van der Waals surface area contributed by atoms with Crippen LogP contribution in [0.3, 0.4) is 0 Å². The third-order valence-corrected chi connectivity index (χ3v) is 3.08. The molecule has 1 aromatic heterocycles. The Morgan fingerprint density at radius 3 is 3.06 bits per heavy atom. The third-order valence-electron chi connectivity index (χ3n) is 3.08. The summed E-state index contributed by atoms with van der Waals surface area (Å²) in [4.78, 5) is 0. The van der Waals surface area contributed by atoms with E-state index in [9.17, 15) is 0 Å². The van der Waals surface area contributed by atoms with Gasteiger partial charge < -0.3 is 14.5 Å². The van der Waals surface area contributed by atoms with Gasteiger partial charge in [-0.15, -0.1) is 0 Å². The van der Waals surface area contributed by atoms with E-state index in [4.69, 9.17) is 9.15 Å². The summed E-state index contributed by atoms with van der Waals surface area (Å²) in [5, 5.41) is 3.34. The second kappa shape index (κ2) is 6.06. The molecule has 3 nitrogen and oxygen atoms in total. The van der Waals surface area contributed by atoms with Crippen LogP contribution in [0.1, 0.15) is 43.9 Å². The summed E-state index contributed by atoms with van der Waals surface area (Å²) < 4.78 is 11.2. The Morgan fingerprint density at radius 2 is 2.38 bits per heavy atom. The van der Waals surface area contributed by atoms with Crippen LogP contribution >= 0.6 is 0 Å². The summed E-state index contributed by atoms with van der Waals surface area (Å²) >= 11 is 0. The lowest BCUT2D eigenvalue weighted by Crippen LogP contribution is -2.21. The van der Waals surface area contributed by atoms with Gasteiger partial charge in [0.15, 0.2) is 0 Å². The summed E-state index contributed by atoms with van der Waals surface area (Å²) in [6.45, 7) is 4.70. The number of ether oxygens (including phenoxy) is 1. The van der Waals surface area contributed by atoms with Crippen LogP contribution < -0.4 is 5.32 Å². The number of nitrogens with one attached hydrogen (secondary N) is 1. The summed E-state index contributed by atoms with van der Waals surface area (Å²) in [6.07, 6.45) is 7.16. The van der Waals surface area contributed by atoms with Crippen molar-refractivity contribution >= 4 is 0 Å². The molecule has 1 aliphatic rings. The van der Waals surface area contributed by atoms with Crippen LogP contribution in [0.25, 0.3) is 0 Å². The molecule has 0 saturated heterocycles. The first-order valence-corrected chi connectivity index (χ1v) is 6.27. The summed E-state index contributed by atoms with van der Waals surface area (Å²) in [5.41, 5.74) is 1.19. The maximum atomic E-state index is 5.78. The Bertz CT molecular complexity index is 305. The van der Waals surface area contributed by atoms with Crippen LogP contribution in [0.15, 0.2) is 16.7 Å². The number of hydrogen-bond donors (Lipinski definition) is 1. The average molecular weight is 223 g/mol. The van der Waals surface area contributed by atoms with E-state index in [1.54, 1.807) is 6.26 Å². The van der Waals surface area contributed by atoms with Gasteiger partial charge in [-0.05, 0) is 38.3 Å². The Labute approximate surface area is 97.2 Å². The first-order chi connectivity index (χ1) is 7.90. The zero-order chi connectivity index (χ0) is 11.2. The van der Waals surface area contributed by atoms with Crippen molar-refractivity contribution < 1.29 is 9.15 Å². The van der Waals surface area contributed by atoms with Crippen molar-refractivity contribution in [1.29, 1.82) is 0 Å². The molecule has 0 aliphatic heterocycles. The van der Waals surface area contributed by atoms with E-state index < -0.39 is 0 Å². The Hall–Kier alpha value is -0.800. The Kier molecular flexibility index (Phi) is 4.43. The van der Waals surface area contributed by atoms with Crippen molar-refractivity contribution in [2.45, 2.75) is 51.9 Å². The molecule has 0 spiro atoms. The minimum Gasteiger partial charge on any atom is -0.468 e. The van der Waals surface area contributed by atoms with Crippen molar-refractivity contribution in [3.05, 3.63) is 23.7 Å². The molecule has 0 amide bonds. The predicted octanol–water partition coefficient (Wildman–Crippen LogP) is 2.85. The first-order valence-electron chi connectivity index (χ1n) is 6.27. The summed E-state index contributed by atoms with van der Waals surface area (Å²) in [7, 11) is 0. The minimum absolute atomic E-state index is 0.492. The molecule has 16 heavy (non-hydrogen) atoms. The van der Waals surface area contributed by atoms with E-state index in [1.165, 1.54) is 24.8 Å². The molecule has 0 bridgehead atoms. The minimum atomic E-state index is 0.492. The van der Waals surface area contributed by atoms with Gasteiger partial charge in [0.1, 0.15) is 5.76 Å². The maximum Gasteiger partial charge on any atom is 0.123 e. The molecule has 1 aliphatic carbocycles. The zero-order valence-corrected chi connectivity index (χ0v) is 10.00. The fraction of sp³-hybridized carbons (Fsp3) is 0.692. The van der Waals surface area contributed by atoms with Crippen LogP contribution in [-0.4, -0.2) is 12.6 Å². The second-order valence-corrected chi connectivity index (χ2v) is 4.41. The highest BCUT2D eigenvalue weighted by molar-refractivity contribution is 5.15. The lowest BCUT2D eigenvalue weighted by atomic mass is 9.96. The largest absolute Gasteiger partial charge is 0.468 e. The normalized spacial score (nSPS) is 16.3. The summed E-state index contributed by atoms with van der Waals surface area (Å²) in [6, 6.07) is 2.02. The molecular formula is C13H21NO2. The monoisotopic (exact) mass is 223 g/mol. The van der Waals surface area contributed by atoms with Gasteiger partial charge in [-0.2, -0.15) is 0 Å². The number of rotatable bonds is 7. The first kappa shape index (κ1) is 11.7. The molecule has 1 N–H and O–H groups in total. The molecule has 0 atom stereocenters. The van der Waals surface area contributed by atoms with Crippen LogP contribution in [0.4, 0.5) is 0 Å². The maximum absolute atomic E-state index is 5.78. The topological polar surface area (TPSA) is 34.4 Å². The third kappa shape index (κ3) is 3.09. The fourth-order valence-electron chi connectivity index (χ4n) is 1.77. The highest BCUT2D eigenvalue weighted by Gasteiger charge is 2.18. The Balaban J connectivity index is 1.76. The van der Waals surface area contributed by atoms with Gasteiger partial charge in [-0.3, -0.25) is 0 Å². The van der Waals surface area contributed by atoms with Crippen molar-refractivity contribution in [2.75, 3.05) is 6.54 Å². The summed E-state index contributed by atoms with van der Waals surface area (Å²) in [5.74, 6) is 1.02. The molecule has 3 heteroatoms. The predicted molar refractivity (Wildman–Crippen MR) is 63.1 cm³/mol. The molecular weight excluding hydrogens is 202 g/mol. The second-order valence-electron chi connectivity index (χ2n) is 4.41. The van der Waals surface area contributed by atoms with Gasteiger partial charge in [0, 0.05) is 5.56 Å². The molecule has 1 heterocycles. The van der Waals surface area contributed by atoms with Crippen molar-refractivity contribution in [3.63, 3.8) is 0 Å². The molecule has 1 saturated carbocycles. The highest BCUT2D eigenvalue weighted by Crippen LogP contribution is 2.24. The smallest absolute Gasteiger partial charge is 0.123 e. The standard InChI is InChI=1S/C13H21NO2/c1-2-7-14-9-13-11(6-8-15-13)10-16-12-4-3-5-12/h6,8,12,14H,2-5,7,9-10H2,1H3. The van der Waals surface area contributed by atoms with Crippen molar-refractivity contribution in [3.8, 4) is 0 Å². The molecule has 90 valence electrons. The molecule has 1 fully saturated rings. The molecule has 2 rings (SSSR count). The van der Waals surface area contributed by atoms with Gasteiger partial charge in [-0.25, -0.2) is 0 Å². The van der Waals surface area contributed by atoms with Crippen LogP contribution in [0.2, 0.25) is 0 Å². The number of furan rings is 1. The van der Waals surface area contributed by atoms with E-state index >= 15 is 0 Å². The molecule has 0 aromatic carbocycles. The SMILES string of the molecule is CCCNCc1occc1COC1CCC1. The van der Waals surface area contributed by atoms with Crippen LogP contribution in [0.5, 0.6) is 0 Å². The van der Waals surface area contributed by atoms with Gasteiger partial charge in [0.2, 0.25) is 0 Å². The molecule has 0 radical (unpaired) electrons.